The minimum Gasteiger partial charge on any atom is -0.367 e. The van der Waals surface area contributed by atoms with Crippen molar-refractivity contribution in [3.63, 3.8) is 0 Å². The van der Waals surface area contributed by atoms with E-state index >= 15 is 0 Å². The van der Waals surface area contributed by atoms with E-state index in [1.54, 1.807) is 0 Å². The molecule has 0 saturated heterocycles. The van der Waals surface area contributed by atoms with Crippen LogP contribution in [0.15, 0.2) is 36.9 Å². The lowest BCUT2D eigenvalue weighted by Gasteiger charge is -2.12. The van der Waals surface area contributed by atoms with Crippen molar-refractivity contribution in [1.82, 2.24) is 9.97 Å². The van der Waals surface area contributed by atoms with Crippen LogP contribution < -0.4 is 0 Å². The Morgan fingerprint density at radius 2 is 1.57 bits per heavy atom. The van der Waals surface area contributed by atoms with Gasteiger partial charge in [0.1, 0.15) is 0 Å². The summed E-state index contributed by atoms with van der Waals surface area (Å²) in [6.07, 6.45) is 11.0. The molecule has 0 amide bonds. The first-order chi connectivity index (χ1) is 6.95. The molecule has 0 unspecified atom stereocenters. The van der Waals surface area contributed by atoms with Gasteiger partial charge in [0.15, 0.2) is 0 Å². The van der Waals surface area contributed by atoms with Crippen molar-refractivity contribution < 1.29 is 0 Å². The summed E-state index contributed by atoms with van der Waals surface area (Å²) < 4.78 is 0. The van der Waals surface area contributed by atoms with E-state index < -0.39 is 0 Å². The predicted octanol–water partition coefficient (Wildman–Crippen LogP) is 2.88. The smallest absolute Gasteiger partial charge is 0.0147 e. The Kier molecular flexibility index (Phi) is 1.72. The summed E-state index contributed by atoms with van der Waals surface area (Å²) in [7, 11) is 0. The Labute approximate surface area is 83.4 Å². The summed E-state index contributed by atoms with van der Waals surface area (Å²) in [5, 5.41) is 0. The molecular formula is C12H14N2. The number of H-pyrrole nitrogens is 2. The number of aromatic amines is 2. The average Bonchev–Trinajstić information content (AvgIpc) is 2.72. The van der Waals surface area contributed by atoms with Gasteiger partial charge in [-0.3, -0.25) is 0 Å². The van der Waals surface area contributed by atoms with Gasteiger partial charge in [-0.1, -0.05) is 0 Å². The number of nitrogens with one attached hydrogen (secondary N) is 2. The van der Waals surface area contributed by atoms with Gasteiger partial charge in [0, 0.05) is 30.7 Å². The summed E-state index contributed by atoms with van der Waals surface area (Å²) in [5.74, 6) is 1.47. The molecule has 0 radical (unpaired) electrons. The van der Waals surface area contributed by atoms with Crippen LogP contribution in [0.3, 0.4) is 0 Å². The lowest BCUT2D eigenvalue weighted by Crippen LogP contribution is -2.00. The van der Waals surface area contributed by atoms with Crippen molar-refractivity contribution in [3.05, 3.63) is 48.0 Å². The molecule has 1 aliphatic rings. The number of aromatic nitrogens is 2. The fourth-order valence-electron chi connectivity index (χ4n) is 2.23. The topological polar surface area (TPSA) is 31.6 Å². The molecule has 2 aromatic rings. The molecule has 2 heterocycles. The highest BCUT2D eigenvalue weighted by Gasteiger charge is 2.33. The molecule has 14 heavy (non-hydrogen) atoms. The van der Waals surface area contributed by atoms with Crippen LogP contribution in [0.1, 0.15) is 29.9 Å². The maximum absolute atomic E-state index is 3.14. The van der Waals surface area contributed by atoms with Crippen LogP contribution in [0.4, 0.5) is 0 Å². The molecule has 2 N–H and O–H groups in total. The van der Waals surface area contributed by atoms with E-state index in [1.165, 1.54) is 24.0 Å². The first-order valence-corrected chi connectivity index (χ1v) is 5.20. The minimum absolute atomic E-state index is 0.604. The van der Waals surface area contributed by atoms with Gasteiger partial charge in [-0.15, -0.1) is 0 Å². The molecule has 2 nitrogen and oxygen atoms in total. The van der Waals surface area contributed by atoms with Crippen LogP contribution in [0, 0.1) is 5.92 Å². The molecular weight excluding hydrogens is 172 g/mol. The van der Waals surface area contributed by atoms with Gasteiger partial charge < -0.3 is 9.97 Å². The molecule has 0 atom stereocenters. The molecule has 2 heteroatoms. The highest BCUT2D eigenvalue weighted by atomic mass is 14.7. The molecule has 1 fully saturated rings. The van der Waals surface area contributed by atoms with Gasteiger partial charge in [-0.05, 0) is 42.0 Å². The third-order valence-corrected chi connectivity index (χ3v) is 3.06. The zero-order valence-corrected chi connectivity index (χ0v) is 8.03. The quantitative estimate of drug-likeness (QED) is 0.738. The van der Waals surface area contributed by atoms with E-state index in [9.17, 15) is 0 Å². The Bertz CT molecular complexity index is 348. The molecule has 0 bridgehead atoms. The van der Waals surface area contributed by atoms with Crippen molar-refractivity contribution in [2.75, 3.05) is 0 Å². The maximum Gasteiger partial charge on any atom is 0.0147 e. The Morgan fingerprint density at radius 3 is 1.93 bits per heavy atom. The second kappa shape index (κ2) is 3.05. The fourth-order valence-corrected chi connectivity index (χ4v) is 2.23. The van der Waals surface area contributed by atoms with Crippen molar-refractivity contribution in [2.45, 2.75) is 18.8 Å². The lowest BCUT2D eigenvalue weighted by molar-refractivity contribution is 0.706. The Morgan fingerprint density at radius 1 is 1.00 bits per heavy atom. The molecule has 3 rings (SSSR count). The zero-order valence-electron chi connectivity index (χ0n) is 8.03. The van der Waals surface area contributed by atoms with E-state index in [2.05, 4.69) is 34.5 Å². The average molecular weight is 186 g/mol. The van der Waals surface area contributed by atoms with E-state index in [1.807, 2.05) is 12.4 Å². The van der Waals surface area contributed by atoms with Crippen molar-refractivity contribution >= 4 is 0 Å². The van der Waals surface area contributed by atoms with Gasteiger partial charge in [0.25, 0.3) is 0 Å². The summed E-state index contributed by atoms with van der Waals surface area (Å²) >= 11 is 0. The second-order valence-corrected chi connectivity index (χ2v) is 4.10. The van der Waals surface area contributed by atoms with E-state index in [0.717, 1.165) is 5.92 Å². The van der Waals surface area contributed by atoms with Crippen LogP contribution in [-0.4, -0.2) is 9.97 Å². The second-order valence-electron chi connectivity index (χ2n) is 4.10. The third kappa shape index (κ3) is 1.27. The molecule has 1 aliphatic carbocycles. The highest BCUT2D eigenvalue weighted by Crippen LogP contribution is 2.46. The maximum atomic E-state index is 3.14. The van der Waals surface area contributed by atoms with Crippen molar-refractivity contribution in [1.29, 1.82) is 0 Å². The third-order valence-electron chi connectivity index (χ3n) is 3.06. The highest BCUT2D eigenvalue weighted by molar-refractivity contribution is 5.31. The van der Waals surface area contributed by atoms with Crippen LogP contribution in [0.25, 0.3) is 0 Å². The number of rotatable bonds is 3. The number of hydrogen-bond acceptors (Lipinski definition) is 0. The SMILES string of the molecule is c1cc(C(c2cc[nH]c2)C2CC2)c[nH]1. The van der Waals surface area contributed by atoms with E-state index in [-0.39, 0.29) is 0 Å². The standard InChI is InChI=1S/C12H14N2/c1-2-9(1)12(10-3-5-13-7-10)11-4-6-14-8-11/h3-9,12-14H,1-2H2. The van der Waals surface area contributed by atoms with Crippen molar-refractivity contribution in [2.24, 2.45) is 5.92 Å². The normalized spacial score (nSPS) is 16.4. The fraction of sp³-hybridized carbons (Fsp3) is 0.333. The van der Waals surface area contributed by atoms with Gasteiger partial charge in [0.05, 0.1) is 0 Å². The van der Waals surface area contributed by atoms with Gasteiger partial charge in [0.2, 0.25) is 0 Å². The lowest BCUT2D eigenvalue weighted by atomic mass is 9.91. The zero-order chi connectivity index (χ0) is 9.38. The van der Waals surface area contributed by atoms with Crippen molar-refractivity contribution in [3.8, 4) is 0 Å². The van der Waals surface area contributed by atoms with Crippen LogP contribution >= 0.6 is 0 Å². The first-order valence-electron chi connectivity index (χ1n) is 5.20. The minimum atomic E-state index is 0.604. The summed E-state index contributed by atoms with van der Waals surface area (Å²) in [5.41, 5.74) is 2.85. The Hall–Kier alpha value is -1.44. The Balaban J connectivity index is 1.97. The molecule has 0 spiro atoms. The first kappa shape index (κ1) is 7.92. The largest absolute Gasteiger partial charge is 0.367 e. The van der Waals surface area contributed by atoms with E-state index in [0.29, 0.717) is 5.92 Å². The van der Waals surface area contributed by atoms with Crippen LogP contribution in [0.2, 0.25) is 0 Å². The monoisotopic (exact) mass is 186 g/mol. The summed E-state index contributed by atoms with van der Waals surface area (Å²) in [6.45, 7) is 0. The van der Waals surface area contributed by atoms with Gasteiger partial charge in [-0.2, -0.15) is 0 Å². The van der Waals surface area contributed by atoms with E-state index in [4.69, 9.17) is 0 Å². The summed E-state index contributed by atoms with van der Waals surface area (Å²) in [4.78, 5) is 6.29. The number of hydrogen-bond donors (Lipinski definition) is 2. The van der Waals surface area contributed by atoms with Crippen LogP contribution in [-0.2, 0) is 0 Å². The predicted molar refractivity (Wildman–Crippen MR) is 56.2 cm³/mol. The molecule has 1 saturated carbocycles. The molecule has 2 aromatic heterocycles. The van der Waals surface area contributed by atoms with Crippen LogP contribution in [0.5, 0.6) is 0 Å². The molecule has 0 aliphatic heterocycles. The molecule has 0 aromatic carbocycles. The van der Waals surface area contributed by atoms with Gasteiger partial charge in [-0.25, -0.2) is 0 Å². The summed E-state index contributed by atoms with van der Waals surface area (Å²) in [6, 6.07) is 4.38. The van der Waals surface area contributed by atoms with Gasteiger partial charge >= 0.3 is 0 Å². The molecule has 72 valence electrons.